The lowest BCUT2D eigenvalue weighted by molar-refractivity contribution is 0.0698. The first kappa shape index (κ1) is 18.9. The Kier molecular flexibility index (Phi) is 4.78. The number of aromatic nitrogens is 4. The van der Waals surface area contributed by atoms with Crippen LogP contribution in [0.2, 0.25) is 0 Å². The number of H-pyrrole nitrogens is 1. The fourth-order valence-corrected chi connectivity index (χ4v) is 4.86. The monoisotopic (exact) mass is 406 g/mol. The van der Waals surface area contributed by atoms with E-state index in [1.165, 1.54) is 6.07 Å². The molecule has 2 aliphatic heterocycles. The van der Waals surface area contributed by atoms with E-state index in [0.29, 0.717) is 23.9 Å². The maximum absolute atomic E-state index is 14.0. The van der Waals surface area contributed by atoms with Crippen LogP contribution in [0.5, 0.6) is 0 Å². The van der Waals surface area contributed by atoms with E-state index in [1.807, 2.05) is 17.2 Å². The molecule has 30 heavy (non-hydrogen) atoms. The molecule has 1 amide bonds. The summed E-state index contributed by atoms with van der Waals surface area (Å²) >= 11 is 0. The summed E-state index contributed by atoms with van der Waals surface area (Å²) in [5.74, 6) is 1.73. The minimum absolute atomic E-state index is 0.101. The summed E-state index contributed by atoms with van der Waals surface area (Å²) in [4.78, 5) is 33.4. The van der Waals surface area contributed by atoms with Crippen LogP contribution in [0.1, 0.15) is 33.6 Å². The molecule has 1 N–H and O–H groups in total. The molecule has 3 atom stereocenters. The van der Waals surface area contributed by atoms with Gasteiger partial charge in [0.1, 0.15) is 17.5 Å². The van der Waals surface area contributed by atoms with E-state index in [0.717, 1.165) is 31.0 Å². The van der Waals surface area contributed by atoms with Crippen LogP contribution in [0.25, 0.3) is 0 Å². The van der Waals surface area contributed by atoms with Crippen LogP contribution in [0.15, 0.2) is 49.1 Å². The first-order chi connectivity index (χ1) is 14.6. The van der Waals surface area contributed by atoms with Gasteiger partial charge in [-0.2, -0.15) is 0 Å². The standard InChI is InChI=1S/C22H23FN6O/c1-14-26-8-16(9-27-14)22(30)29-11-17-10-28(13-20-24-5-6-25-20)12-19(17)21(29)15-3-2-4-18(23)7-15/h2-9,17,19,21H,10-13H2,1H3,(H,24,25)/t17-,19-,21-/m0/s1. The second-order valence-electron chi connectivity index (χ2n) is 8.13. The van der Waals surface area contributed by atoms with Crippen LogP contribution in [0.4, 0.5) is 4.39 Å². The molecule has 0 aliphatic carbocycles. The molecule has 0 saturated carbocycles. The predicted molar refractivity (Wildman–Crippen MR) is 108 cm³/mol. The van der Waals surface area contributed by atoms with Crippen LogP contribution in [0.3, 0.4) is 0 Å². The summed E-state index contributed by atoms with van der Waals surface area (Å²) in [5, 5.41) is 0. The molecule has 8 heteroatoms. The Balaban J connectivity index is 1.43. The van der Waals surface area contributed by atoms with Gasteiger partial charge in [0.25, 0.3) is 5.91 Å². The Morgan fingerprint density at radius 2 is 2.03 bits per heavy atom. The van der Waals surface area contributed by atoms with Gasteiger partial charge in [0.15, 0.2) is 0 Å². The van der Waals surface area contributed by atoms with Crippen molar-refractivity contribution in [1.82, 2.24) is 29.7 Å². The second-order valence-corrected chi connectivity index (χ2v) is 8.13. The maximum Gasteiger partial charge on any atom is 0.257 e. The zero-order chi connectivity index (χ0) is 20.7. The first-order valence-corrected chi connectivity index (χ1v) is 10.1. The fourth-order valence-electron chi connectivity index (χ4n) is 4.86. The van der Waals surface area contributed by atoms with Crippen molar-refractivity contribution in [3.05, 3.63) is 77.6 Å². The topological polar surface area (TPSA) is 78.0 Å². The summed E-state index contributed by atoms with van der Waals surface area (Å²) in [7, 11) is 0. The van der Waals surface area contributed by atoms with Crippen molar-refractivity contribution in [2.24, 2.45) is 11.8 Å². The molecule has 0 radical (unpaired) electrons. The van der Waals surface area contributed by atoms with Crippen molar-refractivity contribution in [3.8, 4) is 0 Å². The summed E-state index contributed by atoms with van der Waals surface area (Å²) in [6, 6.07) is 6.44. The number of hydrogen-bond acceptors (Lipinski definition) is 5. The third-order valence-electron chi connectivity index (χ3n) is 6.15. The molecule has 2 aliphatic rings. The van der Waals surface area contributed by atoms with Gasteiger partial charge in [0.2, 0.25) is 0 Å². The molecule has 0 bridgehead atoms. The summed E-state index contributed by atoms with van der Waals surface area (Å²) < 4.78 is 14.0. The van der Waals surface area contributed by atoms with E-state index >= 15 is 0 Å². The average molecular weight is 406 g/mol. The zero-order valence-corrected chi connectivity index (χ0v) is 16.7. The Hall–Kier alpha value is -3.13. The van der Waals surface area contributed by atoms with Gasteiger partial charge in [0.05, 0.1) is 18.2 Å². The number of aryl methyl sites for hydroxylation is 1. The molecule has 2 fully saturated rings. The Morgan fingerprint density at radius 1 is 1.20 bits per heavy atom. The van der Waals surface area contributed by atoms with Crippen LogP contribution in [-0.2, 0) is 6.54 Å². The number of carbonyl (C=O) groups excluding carboxylic acids is 1. The van der Waals surface area contributed by atoms with Gasteiger partial charge in [-0.3, -0.25) is 9.69 Å². The summed E-state index contributed by atoms with van der Waals surface area (Å²) in [5.41, 5.74) is 1.30. The van der Waals surface area contributed by atoms with E-state index in [9.17, 15) is 9.18 Å². The average Bonchev–Trinajstić information content (AvgIpc) is 3.44. The normalized spacial score (nSPS) is 23.7. The van der Waals surface area contributed by atoms with Gasteiger partial charge in [-0.1, -0.05) is 12.1 Å². The van der Waals surface area contributed by atoms with Crippen molar-refractivity contribution in [2.75, 3.05) is 19.6 Å². The van der Waals surface area contributed by atoms with Gasteiger partial charge < -0.3 is 9.88 Å². The number of nitrogens with one attached hydrogen (secondary N) is 1. The van der Waals surface area contributed by atoms with Crippen LogP contribution >= 0.6 is 0 Å². The Bertz CT molecular complexity index is 1040. The summed E-state index contributed by atoms with van der Waals surface area (Å²) in [6.45, 7) is 4.88. The number of fused-ring (bicyclic) bond motifs is 1. The molecule has 7 nitrogen and oxygen atoms in total. The third kappa shape index (κ3) is 3.47. The van der Waals surface area contributed by atoms with Crippen molar-refractivity contribution in [3.63, 3.8) is 0 Å². The molecule has 5 rings (SSSR count). The number of imidazole rings is 1. The molecule has 2 saturated heterocycles. The third-order valence-corrected chi connectivity index (χ3v) is 6.15. The lowest BCUT2D eigenvalue weighted by Gasteiger charge is -2.30. The lowest BCUT2D eigenvalue weighted by atomic mass is 9.89. The van der Waals surface area contributed by atoms with E-state index in [4.69, 9.17) is 0 Å². The van der Waals surface area contributed by atoms with E-state index in [1.54, 1.807) is 37.6 Å². The predicted octanol–water partition coefficient (Wildman–Crippen LogP) is 2.59. The highest BCUT2D eigenvalue weighted by atomic mass is 19.1. The Labute approximate surface area is 174 Å². The number of halogens is 1. The molecule has 1 aromatic carbocycles. The number of aromatic amines is 1. The number of likely N-dealkylation sites (tertiary alicyclic amines) is 2. The molecular formula is C22H23FN6O. The highest BCUT2D eigenvalue weighted by Gasteiger charge is 2.49. The fraction of sp³-hybridized carbons (Fsp3) is 0.364. The molecule has 2 aromatic heterocycles. The highest BCUT2D eigenvalue weighted by Crippen LogP contribution is 2.45. The molecular weight excluding hydrogens is 383 g/mol. The molecule has 154 valence electrons. The van der Waals surface area contributed by atoms with Crippen molar-refractivity contribution in [2.45, 2.75) is 19.5 Å². The number of rotatable bonds is 4. The number of benzene rings is 1. The number of nitrogens with zero attached hydrogens (tertiary/aromatic N) is 5. The van der Waals surface area contributed by atoms with Gasteiger partial charge in [-0.15, -0.1) is 0 Å². The number of carbonyl (C=O) groups is 1. The molecule has 0 spiro atoms. The molecule has 0 unspecified atom stereocenters. The number of amides is 1. The second kappa shape index (κ2) is 7.60. The maximum atomic E-state index is 14.0. The SMILES string of the molecule is Cc1ncc(C(=O)N2C[C@@H]3CN(Cc4ncc[nH]4)C[C@@H]3[C@@H]2c2cccc(F)c2)cn1. The quantitative estimate of drug-likeness (QED) is 0.721. The van der Waals surface area contributed by atoms with Gasteiger partial charge in [0, 0.05) is 50.3 Å². The van der Waals surface area contributed by atoms with E-state index in [2.05, 4.69) is 24.8 Å². The van der Waals surface area contributed by atoms with Gasteiger partial charge in [-0.25, -0.2) is 19.3 Å². The highest BCUT2D eigenvalue weighted by molar-refractivity contribution is 5.94. The number of hydrogen-bond donors (Lipinski definition) is 1. The van der Waals surface area contributed by atoms with Crippen molar-refractivity contribution < 1.29 is 9.18 Å². The largest absolute Gasteiger partial charge is 0.348 e. The van der Waals surface area contributed by atoms with E-state index in [-0.39, 0.29) is 23.7 Å². The Morgan fingerprint density at radius 3 is 2.77 bits per heavy atom. The smallest absolute Gasteiger partial charge is 0.257 e. The minimum atomic E-state index is -0.285. The van der Waals surface area contributed by atoms with E-state index < -0.39 is 0 Å². The van der Waals surface area contributed by atoms with Gasteiger partial charge >= 0.3 is 0 Å². The van der Waals surface area contributed by atoms with Crippen LogP contribution in [0, 0.1) is 24.6 Å². The van der Waals surface area contributed by atoms with Crippen LogP contribution < -0.4 is 0 Å². The lowest BCUT2D eigenvalue weighted by Crippen LogP contribution is -2.36. The minimum Gasteiger partial charge on any atom is -0.348 e. The van der Waals surface area contributed by atoms with Crippen LogP contribution in [-0.4, -0.2) is 55.3 Å². The molecule has 4 heterocycles. The zero-order valence-electron chi connectivity index (χ0n) is 16.7. The molecule has 3 aromatic rings. The van der Waals surface area contributed by atoms with Crippen molar-refractivity contribution >= 4 is 5.91 Å². The van der Waals surface area contributed by atoms with Crippen molar-refractivity contribution in [1.29, 1.82) is 0 Å². The van der Waals surface area contributed by atoms with Gasteiger partial charge in [-0.05, 0) is 30.5 Å². The summed E-state index contributed by atoms with van der Waals surface area (Å²) in [6.07, 6.45) is 6.73. The first-order valence-electron chi connectivity index (χ1n) is 10.1.